The summed E-state index contributed by atoms with van der Waals surface area (Å²) in [5.41, 5.74) is 3.61. The third-order valence-electron chi connectivity index (χ3n) is 3.33. The molecule has 1 heterocycles. The second-order valence-corrected chi connectivity index (χ2v) is 4.82. The molecule has 114 valence electrons. The molecule has 0 spiro atoms. The average Bonchev–Trinajstić information content (AvgIpc) is 2.92. The Morgan fingerprint density at radius 3 is 2.86 bits per heavy atom. The van der Waals surface area contributed by atoms with Gasteiger partial charge in [-0.1, -0.05) is 26.0 Å². The number of hydrogen-bond acceptors (Lipinski definition) is 6. The third-order valence-corrected chi connectivity index (χ3v) is 3.33. The monoisotopic (exact) mass is 298 g/mol. The van der Waals surface area contributed by atoms with Crippen LogP contribution in [0.4, 0.5) is 5.88 Å². The highest BCUT2D eigenvalue weighted by atomic mass is 16.4. The number of aromatic nitrogens is 1. The van der Waals surface area contributed by atoms with E-state index in [2.05, 4.69) is 29.4 Å². The SMILES string of the molecule is CCC(CC)c1nc(C#N)c(NN=Cc2cccc(O)c2)o1. The smallest absolute Gasteiger partial charge is 0.252 e. The number of hydrazone groups is 1. The van der Waals surface area contributed by atoms with Crippen LogP contribution in [0.3, 0.4) is 0 Å². The highest BCUT2D eigenvalue weighted by molar-refractivity contribution is 5.80. The summed E-state index contributed by atoms with van der Waals surface area (Å²) in [5.74, 6) is 1.15. The summed E-state index contributed by atoms with van der Waals surface area (Å²) >= 11 is 0. The summed E-state index contributed by atoms with van der Waals surface area (Å²) in [5, 5.41) is 22.5. The zero-order valence-corrected chi connectivity index (χ0v) is 12.6. The molecular formula is C16H18N4O2. The van der Waals surface area contributed by atoms with Crippen molar-refractivity contribution in [1.82, 2.24) is 4.98 Å². The van der Waals surface area contributed by atoms with E-state index in [0.29, 0.717) is 5.89 Å². The van der Waals surface area contributed by atoms with Crippen molar-refractivity contribution >= 4 is 12.1 Å². The molecule has 1 aromatic heterocycles. The Hall–Kier alpha value is -2.81. The van der Waals surface area contributed by atoms with Crippen molar-refractivity contribution in [2.75, 3.05) is 5.43 Å². The molecule has 0 saturated carbocycles. The molecule has 0 aliphatic carbocycles. The van der Waals surface area contributed by atoms with E-state index in [-0.39, 0.29) is 23.2 Å². The van der Waals surface area contributed by atoms with Gasteiger partial charge in [-0.05, 0) is 30.5 Å². The maximum atomic E-state index is 9.38. The minimum Gasteiger partial charge on any atom is -0.508 e. The van der Waals surface area contributed by atoms with Gasteiger partial charge in [-0.3, -0.25) is 0 Å². The van der Waals surface area contributed by atoms with Crippen LogP contribution < -0.4 is 5.43 Å². The van der Waals surface area contributed by atoms with Gasteiger partial charge in [0.2, 0.25) is 11.6 Å². The Balaban J connectivity index is 2.14. The van der Waals surface area contributed by atoms with Gasteiger partial charge in [0.05, 0.1) is 6.21 Å². The van der Waals surface area contributed by atoms with Gasteiger partial charge in [0.1, 0.15) is 11.8 Å². The number of oxazole rings is 1. The highest BCUT2D eigenvalue weighted by Gasteiger charge is 2.18. The van der Waals surface area contributed by atoms with Crippen molar-refractivity contribution in [1.29, 1.82) is 5.26 Å². The minimum atomic E-state index is 0.164. The van der Waals surface area contributed by atoms with Crippen molar-refractivity contribution in [2.45, 2.75) is 32.6 Å². The van der Waals surface area contributed by atoms with E-state index in [1.54, 1.807) is 24.3 Å². The third kappa shape index (κ3) is 3.64. The zero-order valence-electron chi connectivity index (χ0n) is 12.6. The van der Waals surface area contributed by atoms with Crippen LogP contribution in [-0.2, 0) is 0 Å². The Morgan fingerprint density at radius 1 is 1.45 bits per heavy atom. The van der Waals surface area contributed by atoms with Crippen LogP contribution in [0.1, 0.15) is 49.8 Å². The molecule has 0 saturated heterocycles. The lowest BCUT2D eigenvalue weighted by atomic mass is 10.0. The van der Waals surface area contributed by atoms with Gasteiger partial charge in [0, 0.05) is 5.92 Å². The molecule has 2 aromatic rings. The zero-order chi connectivity index (χ0) is 15.9. The maximum Gasteiger partial charge on any atom is 0.252 e. The molecule has 0 aliphatic rings. The fraction of sp³-hybridized carbons (Fsp3) is 0.312. The van der Waals surface area contributed by atoms with E-state index in [1.807, 2.05) is 6.07 Å². The molecule has 0 atom stereocenters. The topological polar surface area (TPSA) is 94.4 Å². The first-order chi connectivity index (χ1) is 10.7. The second kappa shape index (κ2) is 7.27. The van der Waals surface area contributed by atoms with E-state index in [4.69, 9.17) is 9.68 Å². The van der Waals surface area contributed by atoms with Crippen LogP contribution in [0.2, 0.25) is 0 Å². The number of phenols is 1. The first-order valence-electron chi connectivity index (χ1n) is 7.16. The summed E-state index contributed by atoms with van der Waals surface area (Å²) in [7, 11) is 0. The molecule has 22 heavy (non-hydrogen) atoms. The quantitative estimate of drug-likeness (QED) is 0.627. The molecule has 0 aliphatic heterocycles. The fourth-order valence-electron chi connectivity index (χ4n) is 2.07. The molecule has 0 fully saturated rings. The molecule has 2 rings (SSSR count). The molecule has 0 unspecified atom stereocenters. The van der Waals surface area contributed by atoms with E-state index < -0.39 is 0 Å². The largest absolute Gasteiger partial charge is 0.508 e. The van der Waals surface area contributed by atoms with Crippen molar-refractivity contribution < 1.29 is 9.52 Å². The Labute approximate surface area is 129 Å². The van der Waals surface area contributed by atoms with Gasteiger partial charge < -0.3 is 9.52 Å². The minimum absolute atomic E-state index is 0.164. The molecule has 1 aromatic carbocycles. The summed E-state index contributed by atoms with van der Waals surface area (Å²) in [6.07, 6.45) is 3.32. The fourth-order valence-corrected chi connectivity index (χ4v) is 2.07. The molecule has 6 heteroatoms. The first kappa shape index (κ1) is 15.6. The molecule has 0 radical (unpaired) electrons. The molecular weight excluding hydrogens is 280 g/mol. The van der Waals surface area contributed by atoms with Crippen LogP contribution in [0, 0.1) is 11.3 Å². The van der Waals surface area contributed by atoms with Crippen molar-refractivity contribution in [3.05, 3.63) is 41.4 Å². The number of nitriles is 1. The van der Waals surface area contributed by atoms with Gasteiger partial charge in [-0.15, -0.1) is 0 Å². The summed E-state index contributed by atoms with van der Waals surface area (Å²) in [4.78, 5) is 4.21. The van der Waals surface area contributed by atoms with Crippen LogP contribution in [0.15, 0.2) is 33.8 Å². The molecule has 2 N–H and O–H groups in total. The number of phenolic OH excluding ortho intramolecular Hbond substituents is 1. The number of hydrogen-bond donors (Lipinski definition) is 2. The van der Waals surface area contributed by atoms with Crippen molar-refractivity contribution in [2.24, 2.45) is 5.10 Å². The van der Waals surface area contributed by atoms with E-state index in [1.165, 1.54) is 6.21 Å². The lowest BCUT2D eigenvalue weighted by molar-refractivity contribution is 0.439. The average molecular weight is 298 g/mol. The van der Waals surface area contributed by atoms with Gasteiger partial charge in [0.15, 0.2) is 0 Å². The predicted molar refractivity (Wildman–Crippen MR) is 83.9 cm³/mol. The maximum absolute atomic E-state index is 9.38. The first-order valence-corrected chi connectivity index (χ1v) is 7.16. The number of benzene rings is 1. The van der Waals surface area contributed by atoms with Crippen LogP contribution in [-0.4, -0.2) is 16.3 Å². The molecule has 0 bridgehead atoms. The number of anilines is 1. The molecule has 0 amide bonds. The lowest BCUT2D eigenvalue weighted by Crippen LogP contribution is -1.95. The van der Waals surface area contributed by atoms with Gasteiger partial charge in [-0.25, -0.2) is 10.4 Å². The predicted octanol–water partition coefficient (Wildman–Crippen LogP) is 3.60. The van der Waals surface area contributed by atoms with Crippen molar-refractivity contribution in [3.8, 4) is 11.8 Å². The normalized spacial score (nSPS) is 11.0. The number of aromatic hydroxyl groups is 1. The summed E-state index contributed by atoms with van der Waals surface area (Å²) in [6.45, 7) is 4.11. The van der Waals surface area contributed by atoms with Gasteiger partial charge in [0.25, 0.3) is 5.88 Å². The molecule has 6 nitrogen and oxygen atoms in total. The number of nitrogens with one attached hydrogen (secondary N) is 1. The standard InChI is InChI=1S/C16H18N4O2/c1-3-12(4-2)15-19-14(9-17)16(22-15)20-18-10-11-6-5-7-13(21)8-11/h5-8,10,12,20-21H,3-4H2,1-2H3. The van der Waals surface area contributed by atoms with Gasteiger partial charge >= 0.3 is 0 Å². The number of nitrogens with zero attached hydrogens (tertiary/aromatic N) is 3. The Morgan fingerprint density at radius 2 is 2.23 bits per heavy atom. The Kier molecular flexibility index (Phi) is 5.15. The van der Waals surface area contributed by atoms with Crippen LogP contribution in [0.25, 0.3) is 0 Å². The lowest BCUT2D eigenvalue weighted by Gasteiger charge is -2.05. The van der Waals surface area contributed by atoms with Crippen LogP contribution >= 0.6 is 0 Å². The van der Waals surface area contributed by atoms with Crippen LogP contribution in [0.5, 0.6) is 5.75 Å². The summed E-state index contributed by atoms with van der Waals surface area (Å²) in [6, 6.07) is 8.67. The highest BCUT2D eigenvalue weighted by Crippen LogP contribution is 2.27. The van der Waals surface area contributed by atoms with Crippen molar-refractivity contribution in [3.63, 3.8) is 0 Å². The van der Waals surface area contributed by atoms with E-state index in [0.717, 1.165) is 18.4 Å². The van der Waals surface area contributed by atoms with E-state index >= 15 is 0 Å². The Bertz CT molecular complexity index is 696. The second-order valence-electron chi connectivity index (χ2n) is 4.82. The van der Waals surface area contributed by atoms with Gasteiger partial charge in [-0.2, -0.15) is 10.4 Å². The summed E-state index contributed by atoms with van der Waals surface area (Å²) < 4.78 is 5.60. The van der Waals surface area contributed by atoms with E-state index in [9.17, 15) is 5.11 Å². The number of rotatable bonds is 6.